The Morgan fingerprint density at radius 2 is 2.09 bits per heavy atom. The van der Waals surface area contributed by atoms with E-state index in [1.165, 1.54) is 0 Å². The highest BCUT2D eigenvalue weighted by Gasteiger charge is 2.26. The molecule has 1 saturated heterocycles. The summed E-state index contributed by atoms with van der Waals surface area (Å²) in [5, 5.41) is 11.7. The molecule has 1 aliphatic heterocycles. The number of pyridine rings is 1. The molecule has 7 heteroatoms. The average Bonchev–Trinajstić information content (AvgIpc) is 2.54. The molecule has 0 saturated carbocycles. The van der Waals surface area contributed by atoms with Crippen molar-refractivity contribution in [1.82, 2.24) is 9.88 Å². The predicted molar refractivity (Wildman–Crippen MR) is 85.5 cm³/mol. The number of piperidine rings is 1. The third-order valence-corrected chi connectivity index (χ3v) is 3.68. The van der Waals surface area contributed by atoms with Crippen molar-refractivity contribution in [3.05, 3.63) is 18.3 Å². The molecule has 0 spiro atoms. The maximum absolute atomic E-state index is 12.2. The summed E-state index contributed by atoms with van der Waals surface area (Å²) < 4.78 is 5.49. The van der Waals surface area contributed by atoms with Crippen molar-refractivity contribution in [3.8, 4) is 5.88 Å². The summed E-state index contributed by atoms with van der Waals surface area (Å²) in [5.41, 5.74) is 0.590. The van der Waals surface area contributed by atoms with E-state index in [1.807, 2.05) is 0 Å². The zero-order chi connectivity index (χ0) is 16.8. The Labute approximate surface area is 135 Å². The summed E-state index contributed by atoms with van der Waals surface area (Å²) in [6, 6.07) is 3.23. The number of hydrogen-bond acceptors (Lipinski definition) is 4. The number of aromatic nitrogens is 1. The Morgan fingerprint density at radius 1 is 1.39 bits per heavy atom. The van der Waals surface area contributed by atoms with Gasteiger partial charge in [-0.1, -0.05) is 13.8 Å². The van der Waals surface area contributed by atoms with Gasteiger partial charge in [-0.15, -0.1) is 0 Å². The minimum absolute atomic E-state index is 0.230. The van der Waals surface area contributed by atoms with Crippen molar-refractivity contribution >= 4 is 17.7 Å². The highest BCUT2D eigenvalue weighted by atomic mass is 16.5. The first-order valence-corrected chi connectivity index (χ1v) is 7.83. The fourth-order valence-electron chi connectivity index (χ4n) is 2.32. The third kappa shape index (κ3) is 5.12. The van der Waals surface area contributed by atoms with E-state index < -0.39 is 5.97 Å². The quantitative estimate of drug-likeness (QED) is 0.869. The van der Waals surface area contributed by atoms with E-state index >= 15 is 0 Å². The van der Waals surface area contributed by atoms with Crippen LogP contribution in [0.3, 0.4) is 0 Å². The first-order valence-electron chi connectivity index (χ1n) is 7.83. The van der Waals surface area contributed by atoms with E-state index in [0.29, 0.717) is 50.0 Å². The largest absolute Gasteiger partial charge is 0.481 e. The molecular weight excluding hydrogens is 298 g/mol. The molecule has 1 aromatic rings. The molecule has 7 nitrogen and oxygen atoms in total. The molecular formula is C16H23N3O4. The second-order valence-electron chi connectivity index (χ2n) is 6.12. The summed E-state index contributed by atoms with van der Waals surface area (Å²) in [4.78, 5) is 28.8. The zero-order valence-corrected chi connectivity index (χ0v) is 13.5. The number of rotatable bonds is 5. The Bertz CT molecular complexity index is 537. The predicted octanol–water partition coefficient (Wildman–Crippen LogP) is 2.44. The molecule has 1 fully saturated rings. The number of carbonyl (C=O) groups is 2. The van der Waals surface area contributed by atoms with Crippen LogP contribution in [0, 0.1) is 11.8 Å². The molecule has 0 atom stereocenters. The van der Waals surface area contributed by atoms with Crippen LogP contribution in [0.25, 0.3) is 0 Å². The summed E-state index contributed by atoms with van der Waals surface area (Å²) in [6.45, 7) is 5.61. The molecule has 0 aliphatic carbocycles. The van der Waals surface area contributed by atoms with Gasteiger partial charge in [0.15, 0.2) is 0 Å². The van der Waals surface area contributed by atoms with Crippen molar-refractivity contribution in [1.29, 1.82) is 0 Å². The van der Waals surface area contributed by atoms with E-state index in [-0.39, 0.29) is 11.9 Å². The van der Waals surface area contributed by atoms with Gasteiger partial charge in [0.2, 0.25) is 5.88 Å². The number of urea groups is 1. The van der Waals surface area contributed by atoms with Gasteiger partial charge in [0.25, 0.3) is 0 Å². The van der Waals surface area contributed by atoms with Crippen LogP contribution in [0.2, 0.25) is 0 Å². The summed E-state index contributed by atoms with van der Waals surface area (Å²) in [7, 11) is 0. The molecule has 2 amide bonds. The number of anilines is 1. The minimum Gasteiger partial charge on any atom is -0.481 e. The molecule has 0 aromatic carbocycles. The molecule has 0 radical (unpaired) electrons. The zero-order valence-electron chi connectivity index (χ0n) is 13.5. The van der Waals surface area contributed by atoms with Gasteiger partial charge in [-0.25, -0.2) is 9.78 Å². The van der Waals surface area contributed by atoms with Gasteiger partial charge >= 0.3 is 12.0 Å². The number of amides is 2. The van der Waals surface area contributed by atoms with Gasteiger partial charge < -0.3 is 20.1 Å². The summed E-state index contributed by atoms with van der Waals surface area (Å²) in [6.07, 6.45) is 2.53. The Hall–Kier alpha value is -2.31. The molecule has 126 valence electrons. The highest BCUT2D eigenvalue weighted by Crippen LogP contribution is 2.19. The van der Waals surface area contributed by atoms with Crippen LogP contribution in [-0.4, -0.2) is 46.7 Å². The van der Waals surface area contributed by atoms with E-state index in [4.69, 9.17) is 9.84 Å². The van der Waals surface area contributed by atoms with E-state index in [2.05, 4.69) is 24.1 Å². The number of carboxylic acid groups (broad SMARTS) is 1. The molecule has 0 bridgehead atoms. The van der Waals surface area contributed by atoms with Crippen LogP contribution in [0.5, 0.6) is 5.88 Å². The van der Waals surface area contributed by atoms with Gasteiger partial charge in [0.05, 0.1) is 24.4 Å². The fourth-order valence-corrected chi connectivity index (χ4v) is 2.32. The van der Waals surface area contributed by atoms with Crippen LogP contribution >= 0.6 is 0 Å². The van der Waals surface area contributed by atoms with Crippen LogP contribution in [0.1, 0.15) is 26.7 Å². The number of nitrogens with zero attached hydrogens (tertiary/aromatic N) is 2. The third-order valence-electron chi connectivity index (χ3n) is 3.68. The number of carboxylic acids is 1. The van der Waals surface area contributed by atoms with E-state index in [0.717, 1.165) is 0 Å². The first-order chi connectivity index (χ1) is 11.0. The lowest BCUT2D eigenvalue weighted by Crippen LogP contribution is -2.42. The van der Waals surface area contributed by atoms with Gasteiger partial charge in [0.1, 0.15) is 0 Å². The number of ether oxygens (including phenoxy) is 1. The fraction of sp³-hybridized carbons (Fsp3) is 0.562. The topological polar surface area (TPSA) is 91.8 Å². The Kier molecular flexibility index (Phi) is 5.78. The lowest BCUT2D eigenvalue weighted by atomic mass is 9.97. The van der Waals surface area contributed by atoms with Gasteiger partial charge in [-0.05, 0) is 24.8 Å². The van der Waals surface area contributed by atoms with Crippen molar-refractivity contribution in [2.24, 2.45) is 11.8 Å². The van der Waals surface area contributed by atoms with Crippen LogP contribution in [0.4, 0.5) is 10.5 Å². The molecule has 2 N–H and O–H groups in total. The second kappa shape index (κ2) is 7.80. The van der Waals surface area contributed by atoms with Crippen molar-refractivity contribution < 1.29 is 19.4 Å². The smallest absolute Gasteiger partial charge is 0.321 e. The normalized spacial score (nSPS) is 15.5. The van der Waals surface area contributed by atoms with Gasteiger partial charge in [-0.2, -0.15) is 0 Å². The lowest BCUT2D eigenvalue weighted by Gasteiger charge is -2.30. The molecule has 23 heavy (non-hydrogen) atoms. The number of hydrogen-bond donors (Lipinski definition) is 2. The van der Waals surface area contributed by atoms with Crippen LogP contribution < -0.4 is 10.1 Å². The molecule has 2 heterocycles. The van der Waals surface area contributed by atoms with Crippen LogP contribution in [0.15, 0.2) is 18.3 Å². The lowest BCUT2D eigenvalue weighted by molar-refractivity contribution is -0.143. The highest BCUT2D eigenvalue weighted by molar-refractivity contribution is 5.89. The maximum atomic E-state index is 12.2. The number of carbonyl (C=O) groups excluding carboxylic acids is 1. The number of likely N-dealkylation sites (tertiary alicyclic amines) is 1. The molecule has 2 rings (SSSR count). The van der Waals surface area contributed by atoms with Crippen molar-refractivity contribution in [2.45, 2.75) is 26.7 Å². The van der Waals surface area contributed by atoms with Gasteiger partial charge in [-0.3, -0.25) is 4.79 Å². The second-order valence-corrected chi connectivity index (χ2v) is 6.12. The van der Waals surface area contributed by atoms with Gasteiger partial charge in [0, 0.05) is 19.2 Å². The average molecular weight is 321 g/mol. The van der Waals surface area contributed by atoms with Crippen molar-refractivity contribution in [2.75, 3.05) is 25.0 Å². The van der Waals surface area contributed by atoms with Crippen molar-refractivity contribution in [3.63, 3.8) is 0 Å². The Morgan fingerprint density at radius 3 is 2.61 bits per heavy atom. The summed E-state index contributed by atoms with van der Waals surface area (Å²) in [5.74, 6) is -0.187. The maximum Gasteiger partial charge on any atom is 0.321 e. The number of aliphatic carboxylic acids is 1. The summed E-state index contributed by atoms with van der Waals surface area (Å²) >= 11 is 0. The minimum atomic E-state index is -0.786. The molecule has 0 unspecified atom stereocenters. The standard InChI is InChI=1S/C16H23N3O4/c1-11(2)10-23-14-4-3-13(9-17-14)18-16(22)19-7-5-12(6-8-19)15(20)21/h3-4,9,11-12H,5-8,10H2,1-2H3,(H,18,22)(H,20,21). The number of nitrogens with one attached hydrogen (secondary N) is 1. The van der Waals surface area contributed by atoms with E-state index in [1.54, 1.807) is 23.2 Å². The SMILES string of the molecule is CC(C)COc1ccc(NC(=O)N2CCC(C(=O)O)CC2)cn1. The first kappa shape index (κ1) is 17.1. The van der Waals surface area contributed by atoms with Crippen LogP contribution in [-0.2, 0) is 4.79 Å². The monoisotopic (exact) mass is 321 g/mol. The molecule has 1 aromatic heterocycles. The Balaban J connectivity index is 1.82. The molecule has 1 aliphatic rings. The van der Waals surface area contributed by atoms with E-state index in [9.17, 15) is 9.59 Å².